The molecule has 0 fully saturated rings. The van der Waals surface area contributed by atoms with Crippen molar-refractivity contribution in [3.05, 3.63) is 52.1 Å². The molecule has 26 heavy (non-hydrogen) atoms. The summed E-state index contributed by atoms with van der Waals surface area (Å²) in [5, 5.41) is 27.2. The Morgan fingerprint density at radius 3 is 2.54 bits per heavy atom. The maximum atomic E-state index is 12.0. The van der Waals surface area contributed by atoms with Gasteiger partial charge in [0.2, 0.25) is 5.52 Å². The molecule has 0 aliphatic carbocycles. The van der Waals surface area contributed by atoms with Gasteiger partial charge in [-0.1, -0.05) is 0 Å². The van der Waals surface area contributed by atoms with E-state index in [2.05, 4.69) is 30.9 Å². The minimum Gasteiger partial charge on any atom is -0.354 e. The third kappa shape index (κ3) is 3.59. The molecule has 0 saturated carbocycles. The van der Waals surface area contributed by atoms with E-state index >= 15 is 0 Å². The fraction of sp³-hybridized carbons (Fsp3) is 0.188. The van der Waals surface area contributed by atoms with Crippen LogP contribution in [0.15, 0.2) is 41.0 Å². The van der Waals surface area contributed by atoms with E-state index in [0.29, 0.717) is 30.0 Å². The maximum absolute atomic E-state index is 12.0. The van der Waals surface area contributed by atoms with Crippen molar-refractivity contribution in [2.24, 2.45) is 0 Å². The Hall–Kier alpha value is -3.53. The molecule has 3 rings (SSSR count). The largest absolute Gasteiger partial charge is 0.354 e. The van der Waals surface area contributed by atoms with Gasteiger partial charge in [-0.05, 0) is 47.7 Å². The number of amides is 1. The number of carbonyl (C=O) groups is 1. The van der Waals surface area contributed by atoms with E-state index in [1.807, 2.05) is 7.05 Å². The second-order valence-electron chi connectivity index (χ2n) is 5.41. The van der Waals surface area contributed by atoms with E-state index in [9.17, 15) is 14.9 Å². The van der Waals surface area contributed by atoms with E-state index in [4.69, 9.17) is 0 Å². The molecule has 0 aliphatic rings. The van der Waals surface area contributed by atoms with Crippen molar-refractivity contribution in [3.8, 4) is 0 Å². The molecule has 0 atom stereocenters. The first kappa shape index (κ1) is 17.3. The number of hydrogen-bond donors (Lipinski definition) is 3. The summed E-state index contributed by atoms with van der Waals surface area (Å²) < 4.78 is 4.63. The number of nitro groups is 1. The lowest BCUT2D eigenvalue weighted by molar-refractivity contribution is -0.383. The third-order valence-electron chi connectivity index (χ3n) is 3.68. The van der Waals surface area contributed by atoms with Crippen LogP contribution in [-0.4, -0.2) is 41.3 Å². The highest BCUT2D eigenvalue weighted by molar-refractivity contribution is 5.96. The minimum absolute atomic E-state index is 0.0699. The molecule has 3 aromatic rings. The molecule has 0 saturated heterocycles. The first-order chi connectivity index (χ1) is 12.6. The van der Waals surface area contributed by atoms with Gasteiger partial charge in [-0.25, -0.2) is 4.63 Å². The van der Waals surface area contributed by atoms with Crippen LogP contribution in [0.1, 0.15) is 10.4 Å². The fourth-order valence-corrected chi connectivity index (χ4v) is 2.37. The molecular weight excluding hydrogens is 340 g/mol. The Morgan fingerprint density at radius 1 is 1.12 bits per heavy atom. The number of nitrogens with one attached hydrogen (secondary N) is 3. The molecule has 0 radical (unpaired) electrons. The Kier molecular flexibility index (Phi) is 5.04. The zero-order valence-electron chi connectivity index (χ0n) is 13.9. The van der Waals surface area contributed by atoms with Gasteiger partial charge in [-0.3, -0.25) is 14.9 Å². The molecule has 3 N–H and O–H groups in total. The number of nitrogens with zero attached hydrogens (tertiary/aromatic N) is 3. The number of hydrogen-bond acceptors (Lipinski definition) is 8. The first-order valence-corrected chi connectivity index (χ1v) is 7.79. The standard InChI is InChI=1S/C16H16N6O4/c1-17-8-9-18-16(23)10-2-4-11(5-3-10)19-12-6-7-13(22(24)25)15-14(12)20-26-21-15/h2-7,17,19H,8-9H2,1H3,(H,18,23). The summed E-state index contributed by atoms with van der Waals surface area (Å²) in [5.41, 5.74) is 1.88. The van der Waals surface area contributed by atoms with Gasteiger partial charge in [0, 0.05) is 30.4 Å². The average Bonchev–Trinajstić information content (AvgIpc) is 3.12. The highest BCUT2D eigenvalue weighted by Gasteiger charge is 2.19. The zero-order chi connectivity index (χ0) is 18.5. The van der Waals surface area contributed by atoms with Gasteiger partial charge >= 0.3 is 5.69 Å². The van der Waals surface area contributed by atoms with Crippen LogP contribution in [0.2, 0.25) is 0 Å². The van der Waals surface area contributed by atoms with Gasteiger partial charge in [0.1, 0.15) is 0 Å². The summed E-state index contributed by atoms with van der Waals surface area (Å²) in [6.45, 7) is 1.22. The number of non-ortho nitro benzene ring substituents is 1. The van der Waals surface area contributed by atoms with Crippen LogP contribution in [0.5, 0.6) is 0 Å². The predicted molar refractivity (Wildman–Crippen MR) is 94.4 cm³/mol. The molecule has 0 aliphatic heterocycles. The van der Waals surface area contributed by atoms with E-state index in [-0.39, 0.29) is 22.6 Å². The van der Waals surface area contributed by atoms with Crippen molar-refractivity contribution in [1.29, 1.82) is 0 Å². The number of fused-ring (bicyclic) bond motifs is 1. The lowest BCUT2D eigenvalue weighted by Gasteiger charge is -2.08. The molecule has 134 valence electrons. The van der Waals surface area contributed by atoms with Crippen LogP contribution in [0.25, 0.3) is 11.0 Å². The summed E-state index contributed by atoms with van der Waals surface area (Å²) in [6.07, 6.45) is 0. The van der Waals surface area contributed by atoms with Crippen molar-refractivity contribution in [2.45, 2.75) is 0 Å². The number of benzene rings is 2. The molecular formula is C16H16N6O4. The van der Waals surface area contributed by atoms with Crippen LogP contribution in [0, 0.1) is 10.1 Å². The van der Waals surface area contributed by atoms with E-state index < -0.39 is 4.92 Å². The van der Waals surface area contributed by atoms with Crippen LogP contribution in [0.4, 0.5) is 17.1 Å². The van der Waals surface area contributed by atoms with Crippen molar-refractivity contribution in [1.82, 2.24) is 20.9 Å². The van der Waals surface area contributed by atoms with Crippen LogP contribution >= 0.6 is 0 Å². The maximum Gasteiger partial charge on any atom is 0.300 e. The second-order valence-corrected chi connectivity index (χ2v) is 5.41. The Bertz CT molecular complexity index is 938. The van der Waals surface area contributed by atoms with Gasteiger partial charge < -0.3 is 16.0 Å². The summed E-state index contributed by atoms with van der Waals surface area (Å²) in [7, 11) is 1.81. The van der Waals surface area contributed by atoms with Crippen molar-refractivity contribution in [2.75, 3.05) is 25.5 Å². The number of nitro benzene ring substituents is 1. The monoisotopic (exact) mass is 356 g/mol. The average molecular weight is 356 g/mol. The van der Waals surface area contributed by atoms with Gasteiger partial charge in [0.25, 0.3) is 5.91 Å². The number of rotatable bonds is 7. The Morgan fingerprint density at radius 2 is 1.85 bits per heavy atom. The van der Waals surface area contributed by atoms with Crippen molar-refractivity contribution in [3.63, 3.8) is 0 Å². The highest BCUT2D eigenvalue weighted by atomic mass is 16.6. The van der Waals surface area contributed by atoms with Crippen LogP contribution < -0.4 is 16.0 Å². The number of aromatic nitrogens is 2. The predicted octanol–water partition coefficient (Wildman–Crippen LogP) is 1.82. The second kappa shape index (κ2) is 7.57. The SMILES string of the molecule is CNCCNC(=O)c1ccc(Nc2ccc([N+](=O)[O-])c3nonc23)cc1. The Balaban J connectivity index is 1.77. The topological polar surface area (TPSA) is 135 Å². The van der Waals surface area contributed by atoms with Crippen molar-refractivity contribution < 1.29 is 14.3 Å². The quantitative estimate of drug-likeness (QED) is 0.331. The number of anilines is 2. The molecule has 1 amide bonds. The summed E-state index contributed by atoms with van der Waals surface area (Å²) in [5.74, 6) is -0.162. The molecule has 2 aromatic carbocycles. The van der Waals surface area contributed by atoms with E-state index in [1.54, 1.807) is 24.3 Å². The van der Waals surface area contributed by atoms with Gasteiger partial charge in [0.05, 0.1) is 10.6 Å². The smallest absolute Gasteiger partial charge is 0.300 e. The lowest BCUT2D eigenvalue weighted by atomic mass is 10.1. The summed E-state index contributed by atoms with van der Waals surface area (Å²) in [6, 6.07) is 9.68. The molecule has 0 bridgehead atoms. The Labute approximate surface area is 147 Å². The number of carbonyl (C=O) groups excluding carboxylic acids is 1. The van der Waals surface area contributed by atoms with Gasteiger partial charge in [0.15, 0.2) is 5.52 Å². The van der Waals surface area contributed by atoms with Crippen LogP contribution in [-0.2, 0) is 0 Å². The molecule has 0 unspecified atom stereocenters. The van der Waals surface area contributed by atoms with Gasteiger partial charge in [-0.2, -0.15) is 0 Å². The van der Waals surface area contributed by atoms with Crippen LogP contribution in [0.3, 0.4) is 0 Å². The van der Waals surface area contributed by atoms with E-state index in [0.717, 1.165) is 0 Å². The van der Waals surface area contributed by atoms with E-state index in [1.165, 1.54) is 12.1 Å². The highest BCUT2D eigenvalue weighted by Crippen LogP contribution is 2.30. The van der Waals surface area contributed by atoms with Gasteiger partial charge in [-0.15, -0.1) is 0 Å². The molecule has 10 heteroatoms. The normalized spacial score (nSPS) is 10.7. The number of likely N-dealkylation sites (N-methyl/N-ethyl adjacent to an activating group) is 1. The lowest BCUT2D eigenvalue weighted by Crippen LogP contribution is -2.30. The molecule has 10 nitrogen and oxygen atoms in total. The summed E-state index contributed by atoms with van der Waals surface area (Å²) >= 11 is 0. The molecule has 1 heterocycles. The first-order valence-electron chi connectivity index (χ1n) is 7.79. The summed E-state index contributed by atoms with van der Waals surface area (Å²) in [4.78, 5) is 22.4. The zero-order valence-corrected chi connectivity index (χ0v) is 13.9. The van der Waals surface area contributed by atoms with Crippen molar-refractivity contribution >= 4 is 34.0 Å². The fourth-order valence-electron chi connectivity index (χ4n) is 2.37. The minimum atomic E-state index is -0.544. The molecule has 1 aromatic heterocycles. The molecule has 0 spiro atoms. The third-order valence-corrected chi connectivity index (χ3v) is 3.68.